The Balaban J connectivity index is 1.86. The van der Waals surface area contributed by atoms with Crippen LogP contribution < -0.4 is 0 Å². The smallest absolute Gasteiger partial charge is 0.339 e. The van der Waals surface area contributed by atoms with Crippen molar-refractivity contribution in [1.82, 2.24) is 24.6 Å². The topological polar surface area (TPSA) is 90.2 Å². The maximum absolute atomic E-state index is 13.3. The number of thiol groups is 1. The van der Waals surface area contributed by atoms with Gasteiger partial charge in [0.1, 0.15) is 12.4 Å². The standard InChI is InChI=1S/C21H23N5O3S/c1-13-8-15(16-10-22-14(2)23-11-16)9-17-19(21(28)25-6-4-3-5-7-25)24-26(20(13)17)12-18(27)29-30/h8-11,30H,3-7,12H2,1-2H3. The largest absolute Gasteiger partial charge is 0.393 e. The van der Waals surface area contributed by atoms with Crippen LogP contribution in [-0.4, -0.2) is 49.6 Å². The first-order chi connectivity index (χ1) is 14.5. The van der Waals surface area contributed by atoms with E-state index in [-0.39, 0.29) is 12.5 Å². The zero-order chi connectivity index (χ0) is 21.3. The summed E-state index contributed by atoms with van der Waals surface area (Å²) in [5.74, 6) is 0.0279. The van der Waals surface area contributed by atoms with Gasteiger partial charge in [0.25, 0.3) is 5.91 Å². The van der Waals surface area contributed by atoms with Gasteiger partial charge < -0.3 is 9.08 Å². The fourth-order valence-electron chi connectivity index (χ4n) is 3.91. The summed E-state index contributed by atoms with van der Waals surface area (Å²) in [5.41, 5.74) is 3.71. The van der Waals surface area contributed by atoms with Crippen LogP contribution in [0.1, 0.15) is 41.1 Å². The van der Waals surface area contributed by atoms with Crippen molar-refractivity contribution in [3.05, 3.63) is 41.6 Å². The summed E-state index contributed by atoms with van der Waals surface area (Å²) in [5, 5.41) is 5.22. The van der Waals surface area contributed by atoms with Gasteiger partial charge in [0.05, 0.1) is 5.52 Å². The molecular formula is C21H23N5O3S. The van der Waals surface area contributed by atoms with Crippen molar-refractivity contribution in [3.8, 4) is 11.1 Å². The summed E-state index contributed by atoms with van der Waals surface area (Å²) in [7, 11) is 0. The van der Waals surface area contributed by atoms with Crippen LogP contribution in [-0.2, 0) is 15.5 Å². The monoisotopic (exact) mass is 425 g/mol. The van der Waals surface area contributed by atoms with Crippen molar-refractivity contribution >= 4 is 35.7 Å². The highest BCUT2D eigenvalue weighted by Crippen LogP contribution is 2.30. The van der Waals surface area contributed by atoms with Crippen molar-refractivity contribution in [3.63, 3.8) is 0 Å². The number of hydrogen-bond donors (Lipinski definition) is 1. The lowest BCUT2D eigenvalue weighted by Gasteiger charge is -2.26. The second-order valence-electron chi connectivity index (χ2n) is 7.53. The summed E-state index contributed by atoms with van der Waals surface area (Å²) >= 11 is 3.59. The molecule has 8 nitrogen and oxygen atoms in total. The third-order valence-corrected chi connectivity index (χ3v) is 5.58. The normalized spacial score (nSPS) is 14.2. The van der Waals surface area contributed by atoms with E-state index in [1.165, 1.54) is 4.68 Å². The molecule has 2 aromatic heterocycles. The number of fused-ring (bicyclic) bond motifs is 1. The van der Waals surface area contributed by atoms with E-state index in [2.05, 4.69) is 32.2 Å². The summed E-state index contributed by atoms with van der Waals surface area (Å²) in [6, 6.07) is 3.90. The highest BCUT2D eigenvalue weighted by molar-refractivity contribution is 7.75. The Kier molecular flexibility index (Phi) is 5.72. The fourth-order valence-corrected chi connectivity index (χ4v) is 3.96. The van der Waals surface area contributed by atoms with Crippen LogP contribution in [0, 0.1) is 13.8 Å². The predicted molar refractivity (Wildman–Crippen MR) is 115 cm³/mol. The Hall–Kier alpha value is -2.94. The number of piperidine rings is 1. The first-order valence-corrected chi connectivity index (χ1v) is 10.3. The molecule has 1 aliphatic rings. The Labute approximate surface area is 179 Å². The van der Waals surface area contributed by atoms with E-state index in [9.17, 15) is 9.59 Å². The first-order valence-electron chi connectivity index (χ1n) is 9.91. The molecule has 9 heteroatoms. The molecule has 0 aliphatic carbocycles. The van der Waals surface area contributed by atoms with Gasteiger partial charge in [-0.3, -0.25) is 9.48 Å². The molecule has 4 rings (SSSR count). The number of carbonyl (C=O) groups excluding carboxylic acids is 2. The second-order valence-corrected chi connectivity index (χ2v) is 7.71. The fraction of sp³-hybridized carbons (Fsp3) is 0.381. The van der Waals surface area contributed by atoms with Gasteiger partial charge in [-0.05, 0) is 56.4 Å². The van der Waals surface area contributed by atoms with Gasteiger partial charge in [-0.25, -0.2) is 14.8 Å². The Morgan fingerprint density at radius 1 is 1.07 bits per heavy atom. The minimum absolute atomic E-state index is 0.116. The molecule has 3 aromatic rings. The molecule has 0 saturated carbocycles. The van der Waals surface area contributed by atoms with E-state index >= 15 is 0 Å². The minimum Gasteiger partial charge on any atom is -0.393 e. The van der Waals surface area contributed by atoms with Crippen LogP contribution in [0.25, 0.3) is 22.0 Å². The van der Waals surface area contributed by atoms with Crippen molar-refractivity contribution in [2.75, 3.05) is 13.1 Å². The molecule has 156 valence electrons. The predicted octanol–water partition coefficient (Wildman–Crippen LogP) is 3.12. The van der Waals surface area contributed by atoms with E-state index < -0.39 is 5.97 Å². The lowest BCUT2D eigenvalue weighted by atomic mass is 10.0. The lowest BCUT2D eigenvalue weighted by Crippen LogP contribution is -2.36. The van der Waals surface area contributed by atoms with Crippen LogP contribution in [0.15, 0.2) is 24.5 Å². The lowest BCUT2D eigenvalue weighted by molar-refractivity contribution is -0.133. The molecule has 0 radical (unpaired) electrons. The van der Waals surface area contributed by atoms with Gasteiger partial charge in [-0.15, -0.1) is 0 Å². The van der Waals surface area contributed by atoms with Crippen LogP contribution in [0.2, 0.25) is 0 Å². The SMILES string of the molecule is Cc1ncc(-c2cc(C)c3c(c2)c(C(=O)N2CCCCC2)nn3CC(=O)OS)cn1. The molecule has 0 bridgehead atoms. The van der Waals surface area contributed by atoms with Crippen LogP contribution in [0.3, 0.4) is 0 Å². The number of rotatable bonds is 4. The molecule has 30 heavy (non-hydrogen) atoms. The molecular weight excluding hydrogens is 402 g/mol. The van der Waals surface area contributed by atoms with E-state index in [1.54, 1.807) is 12.4 Å². The molecule has 3 heterocycles. The van der Waals surface area contributed by atoms with Crippen LogP contribution in [0.5, 0.6) is 0 Å². The molecule has 1 aliphatic heterocycles. The van der Waals surface area contributed by atoms with E-state index in [0.29, 0.717) is 16.9 Å². The number of aromatic nitrogens is 4. The number of nitrogens with zero attached hydrogens (tertiary/aromatic N) is 5. The molecule has 0 unspecified atom stereocenters. The number of hydrogen-bond acceptors (Lipinski definition) is 7. The summed E-state index contributed by atoms with van der Waals surface area (Å²) in [6.45, 7) is 5.08. The number of amides is 1. The number of benzene rings is 1. The van der Waals surface area contributed by atoms with Crippen molar-refractivity contribution in [2.24, 2.45) is 0 Å². The summed E-state index contributed by atoms with van der Waals surface area (Å²) in [4.78, 5) is 35.5. The van der Waals surface area contributed by atoms with Crippen molar-refractivity contribution < 1.29 is 13.8 Å². The maximum atomic E-state index is 13.3. The Morgan fingerprint density at radius 3 is 2.43 bits per heavy atom. The molecule has 1 fully saturated rings. The summed E-state index contributed by atoms with van der Waals surface area (Å²) < 4.78 is 6.04. The first kappa shape index (κ1) is 20.3. The third-order valence-electron chi connectivity index (χ3n) is 5.38. The highest BCUT2D eigenvalue weighted by Gasteiger charge is 2.26. The molecule has 1 amide bonds. The average molecular weight is 426 g/mol. The van der Waals surface area contributed by atoms with Gasteiger partial charge in [0.2, 0.25) is 0 Å². The zero-order valence-electron chi connectivity index (χ0n) is 17.0. The quantitative estimate of drug-likeness (QED) is 0.510. The molecule has 0 N–H and O–H groups in total. The van der Waals surface area contributed by atoms with Gasteiger partial charge in [0.15, 0.2) is 5.69 Å². The van der Waals surface area contributed by atoms with Gasteiger partial charge in [-0.2, -0.15) is 5.10 Å². The van der Waals surface area contributed by atoms with Gasteiger partial charge in [0, 0.05) is 49.3 Å². The Bertz CT molecular complexity index is 1100. The molecule has 1 aromatic carbocycles. The Morgan fingerprint density at radius 2 is 1.77 bits per heavy atom. The number of aryl methyl sites for hydroxylation is 2. The van der Waals surface area contributed by atoms with Gasteiger partial charge in [-0.1, -0.05) is 0 Å². The summed E-state index contributed by atoms with van der Waals surface area (Å²) in [6.07, 6.45) is 6.63. The van der Waals surface area contributed by atoms with E-state index in [0.717, 1.165) is 54.6 Å². The molecule has 0 spiro atoms. The third kappa shape index (κ3) is 3.89. The van der Waals surface area contributed by atoms with E-state index in [1.807, 2.05) is 30.9 Å². The van der Waals surface area contributed by atoms with Gasteiger partial charge >= 0.3 is 5.97 Å². The average Bonchev–Trinajstić information content (AvgIpc) is 3.12. The van der Waals surface area contributed by atoms with Crippen molar-refractivity contribution in [2.45, 2.75) is 39.7 Å². The second kappa shape index (κ2) is 8.43. The highest BCUT2D eigenvalue weighted by atomic mass is 32.1. The number of carbonyl (C=O) groups is 2. The molecule has 0 atom stereocenters. The minimum atomic E-state index is -0.546. The van der Waals surface area contributed by atoms with Crippen LogP contribution >= 0.6 is 12.9 Å². The van der Waals surface area contributed by atoms with Crippen LogP contribution in [0.4, 0.5) is 0 Å². The van der Waals surface area contributed by atoms with Crippen molar-refractivity contribution in [1.29, 1.82) is 0 Å². The maximum Gasteiger partial charge on any atom is 0.339 e. The zero-order valence-corrected chi connectivity index (χ0v) is 17.9. The number of likely N-dealkylation sites (tertiary alicyclic amines) is 1. The van der Waals surface area contributed by atoms with E-state index in [4.69, 9.17) is 0 Å². The molecule has 1 saturated heterocycles.